The second-order valence-corrected chi connectivity index (χ2v) is 9.07. The van der Waals surface area contributed by atoms with E-state index in [1.54, 1.807) is 0 Å². The minimum absolute atomic E-state index is 0.0936. The van der Waals surface area contributed by atoms with Crippen LogP contribution in [0.25, 0.3) is 0 Å². The number of benzene rings is 1. The summed E-state index contributed by atoms with van der Waals surface area (Å²) in [5, 5.41) is 14.5. The Morgan fingerprint density at radius 2 is 1.93 bits per heavy atom. The molecule has 1 aromatic rings. The van der Waals surface area contributed by atoms with Gasteiger partial charge in [0.15, 0.2) is 0 Å². The maximum atomic E-state index is 11.1. The lowest BCUT2D eigenvalue weighted by Gasteiger charge is -2.35. The molecule has 0 radical (unpaired) electrons. The summed E-state index contributed by atoms with van der Waals surface area (Å²) in [7, 11) is 0. The van der Waals surface area contributed by atoms with Gasteiger partial charge in [-0.15, -0.1) is 0 Å². The van der Waals surface area contributed by atoms with Crippen molar-refractivity contribution in [3.63, 3.8) is 0 Å². The van der Waals surface area contributed by atoms with Gasteiger partial charge >= 0.3 is 0 Å². The largest absolute Gasteiger partial charge is 0.507 e. The van der Waals surface area contributed by atoms with Gasteiger partial charge in [0.2, 0.25) is 0 Å². The van der Waals surface area contributed by atoms with E-state index in [1.807, 2.05) is 0 Å². The van der Waals surface area contributed by atoms with E-state index in [0.717, 1.165) is 43.1 Å². The van der Waals surface area contributed by atoms with Crippen molar-refractivity contribution >= 4 is 5.69 Å². The van der Waals surface area contributed by atoms with Gasteiger partial charge < -0.3 is 10.0 Å². The lowest BCUT2D eigenvalue weighted by molar-refractivity contribution is 0.154. The van der Waals surface area contributed by atoms with Crippen LogP contribution in [0.2, 0.25) is 0 Å². The summed E-state index contributed by atoms with van der Waals surface area (Å²) in [6, 6.07) is 5.00. The number of aromatic hydroxyl groups is 1. The minimum atomic E-state index is -0.0936. The van der Waals surface area contributed by atoms with E-state index in [2.05, 4.69) is 67.2 Å². The first-order valence-electron chi connectivity index (χ1n) is 10.6. The van der Waals surface area contributed by atoms with Crippen LogP contribution >= 0.6 is 0 Å². The van der Waals surface area contributed by atoms with Crippen LogP contribution in [0.1, 0.15) is 70.9 Å². The molecule has 1 aromatic carbocycles. The van der Waals surface area contributed by atoms with Gasteiger partial charge in [-0.25, -0.2) is 0 Å². The third-order valence-corrected chi connectivity index (χ3v) is 6.01. The summed E-state index contributed by atoms with van der Waals surface area (Å²) in [5.74, 6) is 0.481. The average Bonchev–Trinajstić information content (AvgIpc) is 2.67. The van der Waals surface area contributed by atoms with E-state index in [-0.39, 0.29) is 5.41 Å². The number of hydrogen-bond acceptors (Lipinski definition) is 4. The summed E-state index contributed by atoms with van der Waals surface area (Å²) in [4.78, 5) is 4.80. The van der Waals surface area contributed by atoms with Gasteiger partial charge in [0.1, 0.15) is 5.75 Å². The molecule has 1 saturated carbocycles. The van der Waals surface area contributed by atoms with Crippen molar-refractivity contribution < 1.29 is 5.11 Å². The van der Waals surface area contributed by atoms with Crippen molar-refractivity contribution in [3.8, 4) is 5.75 Å². The molecule has 1 aliphatic heterocycles. The Labute approximate surface area is 165 Å². The van der Waals surface area contributed by atoms with Crippen LogP contribution < -0.4 is 10.2 Å². The molecule has 0 unspecified atom stereocenters. The van der Waals surface area contributed by atoms with E-state index in [9.17, 15) is 5.11 Å². The van der Waals surface area contributed by atoms with Crippen molar-refractivity contribution in [2.24, 2.45) is 0 Å². The molecule has 0 atom stereocenters. The van der Waals surface area contributed by atoms with E-state index < -0.39 is 0 Å². The normalized spacial score (nSPS) is 19.1. The Hall–Kier alpha value is -1.52. The number of rotatable bonds is 5. The SMILES string of the molecule is CCN(Cc1cc(N2C=CCNC2)cc(C(C)(C)C)c1O)C1CCCCC1. The quantitative estimate of drug-likeness (QED) is 0.785. The summed E-state index contributed by atoms with van der Waals surface area (Å²) < 4.78 is 0. The van der Waals surface area contributed by atoms with Crippen molar-refractivity contribution in [2.45, 2.75) is 77.8 Å². The van der Waals surface area contributed by atoms with Gasteiger partial charge in [-0.3, -0.25) is 10.2 Å². The number of hydrogen-bond donors (Lipinski definition) is 2. The van der Waals surface area contributed by atoms with Gasteiger partial charge in [-0.2, -0.15) is 0 Å². The highest BCUT2D eigenvalue weighted by atomic mass is 16.3. The molecular formula is C23H37N3O. The first kappa shape index (κ1) is 20.2. The summed E-state index contributed by atoms with van der Waals surface area (Å²) in [6.07, 6.45) is 10.9. The molecule has 2 N–H and O–H groups in total. The Bertz CT molecular complexity index is 656. The Balaban J connectivity index is 1.94. The topological polar surface area (TPSA) is 38.7 Å². The zero-order chi connectivity index (χ0) is 19.4. The molecule has 150 valence electrons. The maximum Gasteiger partial charge on any atom is 0.123 e. The molecule has 0 saturated heterocycles. The number of nitrogens with one attached hydrogen (secondary N) is 1. The fraction of sp³-hybridized carbons (Fsp3) is 0.652. The summed E-state index contributed by atoms with van der Waals surface area (Å²) in [6.45, 7) is 12.4. The van der Waals surface area contributed by atoms with Crippen molar-refractivity contribution in [3.05, 3.63) is 35.5 Å². The minimum Gasteiger partial charge on any atom is -0.507 e. The maximum absolute atomic E-state index is 11.1. The van der Waals surface area contributed by atoms with E-state index >= 15 is 0 Å². The van der Waals surface area contributed by atoms with Gasteiger partial charge in [0.25, 0.3) is 0 Å². The number of phenols is 1. The molecular weight excluding hydrogens is 334 g/mol. The van der Waals surface area contributed by atoms with Gasteiger partial charge in [0.05, 0.1) is 6.67 Å². The molecule has 0 bridgehead atoms. The molecule has 0 amide bonds. The lowest BCUT2D eigenvalue weighted by atomic mass is 9.84. The number of phenolic OH excluding ortho intramolecular Hbond substituents is 1. The van der Waals surface area contributed by atoms with Crippen molar-refractivity contribution in [1.82, 2.24) is 10.2 Å². The highest BCUT2D eigenvalue weighted by Crippen LogP contribution is 2.38. The second-order valence-electron chi connectivity index (χ2n) is 9.07. The lowest BCUT2D eigenvalue weighted by Crippen LogP contribution is -2.36. The first-order chi connectivity index (χ1) is 12.9. The molecule has 0 aromatic heterocycles. The molecule has 3 rings (SSSR count). The molecule has 1 heterocycles. The third-order valence-electron chi connectivity index (χ3n) is 6.01. The average molecular weight is 372 g/mol. The van der Waals surface area contributed by atoms with E-state index in [4.69, 9.17) is 0 Å². The molecule has 4 nitrogen and oxygen atoms in total. The predicted molar refractivity (Wildman–Crippen MR) is 114 cm³/mol. The monoisotopic (exact) mass is 371 g/mol. The highest BCUT2D eigenvalue weighted by molar-refractivity contribution is 5.60. The fourth-order valence-electron chi connectivity index (χ4n) is 4.38. The Kier molecular flexibility index (Phi) is 6.48. The fourth-order valence-corrected chi connectivity index (χ4v) is 4.38. The molecule has 2 aliphatic rings. The van der Waals surface area contributed by atoms with E-state index in [0.29, 0.717) is 11.8 Å². The summed E-state index contributed by atoms with van der Waals surface area (Å²) >= 11 is 0. The zero-order valence-electron chi connectivity index (χ0n) is 17.6. The Morgan fingerprint density at radius 3 is 2.52 bits per heavy atom. The number of anilines is 1. The molecule has 1 fully saturated rings. The third kappa shape index (κ3) is 4.85. The van der Waals surface area contributed by atoms with Crippen LogP contribution in [0.5, 0.6) is 5.75 Å². The molecule has 1 aliphatic carbocycles. The van der Waals surface area contributed by atoms with E-state index in [1.165, 1.54) is 32.1 Å². The smallest absolute Gasteiger partial charge is 0.123 e. The zero-order valence-corrected chi connectivity index (χ0v) is 17.6. The van der Waals surface area contributed by atoms with Crippen LogP contribution in [0.4, 0.5) is 5.69 Å². The van der Waals surface area contributed by atoms with Gasteiger partial charge in [-0.05, 0) is 36.9 Å². The molecule has 4 heteroatoms. The first-order valence-corrected chi connectivity index (χ1v) is 10.6. The molecule has 27 heavy (non-hydrogen) atoms. The van der Waals surface area contributed by atoms with Gasteiger partial charge in [0, 0.05) is 42.1 Å². The van der Waals surface area contributed by atoms with Crippen molar-refractivity contribution in [1.29, 1.82) is 0 Å². The summed E-state index contributed by atoms with van der Waals surface area (Å²) in [5.41, 5.74) is 3.16. The van der Waals surface area contributed by atoms with Crippen molar-refractivity contribution in [2.75, 3.05) is 24.7 Å². The highest BCUT2D eigenvalue weighted by Gasteiger charge is 2.26. The van der Waals surface area contributed by atoms with Crippen LogP contribution in [-0.4, -0.2) is 35.8 Å². The Morgan fingerprint density at radius 1 is 1.19 bits per heavy atom. The van der Waals surface area contributed by atoms with Crippen LogP contribution in [0.15, 0.2) is 24.4 Å². The predicted octanol–water partition coefficient (Wildman–Crippen LogP) is 4.73. The molecule has 0 spiro atoms. The van der Waals surface area contributed by atoms with Crippen LogP contribution in [0.3, 0.4) is 0 Å². The van der Waals surface area contributed by atoms with Crippen LogP contribution in [-0.2, 0) is 12.0 Å². The second kappa shape index (κ2) is 8.66. The standard InChI is InChI=1S/C23H37N3O/c1-5-25(19-10-7-6-8-11-19)16-18-14-20(26-13-9-12-24-17-26)15-21(22(18)27)23(2,3)4/h9,13-15,19,24,27H,5-8,10-12,16-17H2,1-4H3. The van der Waals surface area contributed by atoms with Gasteiger partial charge in [-0.1, -0.05) is 53.0 Å². The number of nitrogens with zero attached hydrogens (tertiary/aromatic N) is 2. The van der Waals surface area contributed by atoms with Crippen LogP contribution in [0, 0.1) is 0 Å².